The van der Waals surface area contributed by atoms with Crippen molar-refractivity contribution < 1.29 is 8.81 Å². The number of halogens is 2. The fourth-order valence-electron chi connectivity index (χ4n) is 1.62. The molecule has 0 aliphatic heterocycles. The summed E-state index contributed by atoms with van der Waals surface area (Å²) in [6.45, 7) is 1.91. The average molecular weight is 268 g/mol. The van der Waals surface area contributed by atoms with Crippen molar-refractivity contribution in [3.63, 3.8) is 0 Å². The summed E-state index contributed by atoms with van der Waals surface area (Å²) in [6.07, 6.45) is 0.645. The number of fused-ring (bicyclic) bond motifs is 1. The van der Waals surface area contributed by atoms with Crippen LogP contribution in [-0.4, -0.2) is 0 Å². The van der Waals surface area contributed by atoms with Crippen LogP contribution < -0.4 is 0 Å². The first-order valence-electron chi connectivity index (χ1n) is 4.48. The normalized spacial score (nSPS) is 10.5. The van der Waals surface area contributed by atoms with Crippen LogP contribution in [0.5, 0.6) is 0 Å². The Labute approximate surface area is 94.4 Å². The van der Waals surface area contributed by atoms with Crippen LogP contribution in [0, 0.1) is 17.1 Å². The lowest BCUT2D eigenvalue weighted by atomic mass is 10.1. The lowest BCUT2D eigenvalue weighted by molar-refractivity contribution is 0.589. The van der Waals surface area contributed by atoms with Gasteiger partial charge in [-0.2, -0.15) is 5.26 Å². The van der Waals surface area contributed by atoms with Crippen LogP contribution in [0.15, 0.2) is 21.0 Å². The molecule has 15 heavy (non-hydrogen) atoms. The van der Waals surface area contributed by atoms with Crippen LogP contribution in [0.25, 0.3) is 11.0 Å². The monoisotopic (exact) mass is 267 g/mol. The van der Waals surface area contributed by atoms with Gasteiger partial charge in [0.25, 0.3) is 0 Å². The predicted octanol–water partition coefficient (Wildman–Crippen LogP) is 3.77. The Bertz CT molecular complexity index is 568. The first kappa shape index (κ1) is 10.2. The minimum atomic E-state index is -0.339. The Balaban J connectivity index is 2.90. The molecule has 2 nitrogen and oxygen atoms in total. The second-order valence-electron chi connectivity index (χ2n) is 3.14. The van der Waals surface area contributed by atoms with E-state index in [9.17, 15) is 4.39 Å². The molecule has 0 saturated heterocycles. The van der Waals surface area contributed by atoms with Crippen LogP contribution in [0.3, 0.4) is 0 Å². The van der Waals surface area contributed by atoms with Gasteiger partial charge in [0.1, 0.15) is 11.9 Å². The van der Waals surface area contributed by atoms with E-state index in [4.69, 9.17) is 9.68 Å². The van der Waals surface area contributed by atoms with Crippen molar-refractivity contribution in [2.75, 3.05) is 0 Å². The smallest absolute Gasteiger partial charge is 0.208 e. The highest BCUT2D eigenvalue weighted by molar-refractivity contribution is 9.10. The number of nitriles is 1. The zero-order chi connectivity index (χ0) is 11.0. The maximum absolute atomic E-state index is 13.2. The number of rotatable bonds is 1. The Hall–Kier alpha value is -1.34. The van der Waals surface area contributed by atoms with Gasteiger partial charge in [-0.3, -0.25) is 0 Å². The summed E-state index contributed by atoms with van der Waals surface area (Å²) in [4.78, 5) is 0. The van der Waals surface area contributed by atoms with Gasteiger partial charge >= 0.3 is 0 Å². The van der Waals surface area contributed by atoms with E-state index in [0.29, 0.717) is 21.9 Å². The van der Waals surface area contributed by atoms with Gasteiger partial charge in [0.05, 0.1) is 4.47 Å². The summed E-state index contributed by atoms with van der Waals surface area (Å²) in [5.41, 5.74) is 1.29. The van der Waals surface area contributed by atoms with E-state index in [1.165, 1.54) is 12.1 Å². The number of nitrogens with zero attached hydrogens (tertiary/aromatic N) is 1. The molecule has 0 aliphatic carbocycles. The number of benzene rings is 1. The van der Waals surface area contributed by atoms with E-state index >= 15 is 0 Å². The molecule has 0 saturated carbocycles. The van der Waals surface area contributed by atoms with Gasteiger partial charge < -0.3 is 4.42 Å². The Kier molecular flexibility index (Phi) is 2.49. The topological polar surface area (TPSA) is 36.9 Å². The molecule has 1 aromatic heterocycles. The lowest BCUT2D eigenvalue weighted by Crippen LogP contribution is -1.82. The van der Waals surface area contributed by atoms with Crippen molar-refractivity contribution in [2.45, 2.75) is 13.3 Å². The van der Waals surface area contributed by atoms with Crippen LogP contribution in [0.4, 0.5) is 4.39 Å². The van der Waals surface area contributed by atoms with Crippen molar-refractivity contribution in [2.24, 2.45) is 0 Å². The van der Waals surface area contributed by atoms with Crippen LogP contribution in [0.2, 0.25) is 0 Å². The highest BCUT2D eigenvalue weighted by Gasteiger charge is 2.15. The van der Waals surface area contributed by atoms with E-state index in [1.807, 2.05) is 13.0 Å². The minimum Gasteiger partial charge on any atom is -0.444 e. The average Bonchev–Trinajstić information content (AvgIpc) is 2.55. The third kappa shape index (κ3) is 1.53. The second kappa shape index (κ2) is 3.67. The third-order valence-electron chi connectivity index (χ3n) is 2.27. The van der Waals surface area contributed by atoms with E-state index in [-0.39, 0.29) is 11.6 Å². The van der Waals surface area contributed by atoms with Gasteiger partial charge in [0, 0.05) is 10.9 Å². The molecule has 0 amide bonds. The molecule has 0 N–H and O–H groups in total. The summed E-state index contributed by atoms with van der Waals surface area (Å²) < 4.78 is 19.1. The van der Waals surface area contributed by atoms with Gasteiger partial charge in [-0.1, -0.05) is 6.92 Å². The molecule has 1 aromatic carbocycles. The number of aryl methyl sites for hydroxylation is 1. The minimum absolute atomic E-state index is 0.263. The summed E-state index contributed by atoms with van der Waals surface area (Å²) >= 11 is 3.21. The number of hydrogen-bond acceptors (Lipinski definition) is 2. The molecule has 4 heteroatoms. The van der Waals surface area contributed by atoms with Crippen LogP contribution in [-0.2, 0) is 6.42 Å². The Morgan fingerprint density at radius 1 is 1.53 bits per heavy atom. The summed E-state index contributed by atoms with van der Waals surface area (Å²) in [5.74, 6) is -0.0758. The standard InChI is InChI=1S/C11H7BrFNO/c1-2-7-8-3-6(13)4-9(12)11(8)15-10(7)5-14/h3-4H,2H2,1H3. The van der Waals surface area contributed by atoms with Gasteiger partial charge in [-0.05, 0) is 34.5 Å². The molecule has 0 radical (unpaired) electrons. The number of hydrogen-bond donors (Lipinski definition) is 0. The Morgan fingerprint density at radius 3 is 2.87 bits per heavy atom. The highest BCUT2D eigenvalue weighted by Crippen LogP contribution is 2.32. The van der Waals surface area contributed by atoms with Crippen molar-refractivity contribution >= 4 is 26.9 Å². The molecule has 2 aromatic rings. The first-order chi connectivity index (χ1) is 7.17. The Morgan fingerprint density at radius 2 is 2.27 bits per heavy atom. The molecule has 0 fully saturated rings. The molecule has 76 valence electrons. The molecular weight excluding hydrogens is 261 g/mol. The SMILES string of the molecule is CCc1c(C#N)oc2c(Br)cc(F)cc12. The van der Waals surface area contributed by atoms with Gasteiger partial charge in [0.2, 0.25) is 5.76 Å². The molecule has 0 atom stereocenters. The van der Waals surface area contributed by atoms with E-state index < -0.39 is 0 Å². The van der Waals surface area contributed by atoms with E-state index in [2.05, 4.69) is 15.9 Å². The quantitative estimate of drug-likeness (QED) is 0.789. The van der Waals surface area contributed by atoms with Gasteiger partial charge in [-0.15, -0.1) is 0 Å². The predicted molar refractivity (Wildman–Crippen MR) is 58.0 cm³/mol. The van der Waals surface area contributed by atoms with Crippen molar-refractivity contribution in [3.05, 3.63) is 33.7 Å². The summed E-state index contributed by atoms with van der Waals surface area (Å²) in [6, 6.07) is 4.69. The summed E-state index contributed by atoms with van der Waals surface area (Å²) in [7, 11) is 0. The van der Waals surface area contributed by atoms with Crippen molar-refractivity contribution in [1.29, 1.82) is 5.26 Å². The molecule has 0 aliphatic rings. The maximum Gasteiger partial charge on any atom is 0.208 e. The van der Waals surface area contributed by atoms with Gasteiger partial charge in [-0.25, -0.2) is 4.39 Å². The van der Waals surface area contributed by atoms with Crippen LogP contribution >= 0.6 is 15.9 Å². The molecule has 0 unspecified atom stereocenters. The molecule has 1 heterocycles. The maximum atomic E-state index is 13.2. The fourth-order valence-corrected chi connectivity index (χ4v) is 2.13. The third-order valence-corrected chi connectivity index (χ3v) is 2.86. The highest BCUT2D eigenvalue weighted by atomic mass is 79.9. The van der Waals surface area contributed by atoms with E-state index in [1.54, 1.807) is 0 Å². The van der Waals surface area contributed by atoms with Gasteiger partial charge in [0.15, 0.2) is 5.58 Å². The second-order valence-corrected chi connectivity index (χ2v) is 3.99. The summed E-state index contributed by atoms with van der Waals surface area (Å²) in [5, 5.41) is 9.53. The van der Waals surface area contributed by atoms with Crippen molar-refractivity contribution in [1.82, 2.24) is 0 Å². The van der Waals surface area contributed by atoms with Crippen molar-refractivity contribution in [3.8, 4) is 6.07 Å². The molecule has 0 bridgehead atoms. The lowest BCUT2D eigenvalue weighted by Gasteiger charge is -1.94. The number of furan rings is 1. The zero-order valence-corrected chi connectivity index (χ0v) is 9.56. The fraction of sp³-hybridized carbons (Fsp3) is 0.182. The first-order valence-corrected chi connectivity index (χ1v) is 5.27. The molecule has 0 spiro atoms. The largest absolute Gasteiger partial charge is 0.444 e. The molecular formula is C11H7BrFNO. The zero-order valence-electron chi connectivity index (χ0n) is 7.97. The van der Waals surface area contributed by atoms with E-state index in [0.717, 1.165) is 5.56 Å². The molecule has 2 rings (SSSR count). The van der Waals surface area contributed by atoms with Crippen LogP contribution in [0.1, 0.15) is 18.2 Å².